The maximum atomic E-state index is 13.7. The molecule has 4 heteroatoms. The molecule has 0 saturated heterocycles. The molecule has 1 nitrogen and oxygen atoms in total. The lowest BCUT2D eigenvalue weighted by Gasteiger charge is -2.21. The molecule has 0 saturated carbocycles. The van der Waals surface area contributed by atoms with Crippen LogP contribution in [0, 0.1) is 5.82 Å². The largest absolute Gasteiger partial charge is 0.298 e. The Morgan fingerprint density at radius 3 is 2.71 bits per heavy atom. The van der Waals surface area contributed by atoms with Crippen molar-refractivity contribution in [2.45, 2.75) is 26.3 Å². The number of unbranched alkanes of at least 4 members (excludes halogenated alkanes) is 1. The highest BCUT2D eigenvalue weighted by Gasteiger charge is 2.09. The summed E-state index contributed by atoms with van der Waals surface area (Å²) >= 11 is 9.02. The molecule has 1 aromatic carbocycles. The van der Waals surface area contributed by atoms with Crippen LogP contribution in [0.4, 0.5) is 4.39 Å². The van der Waals surface area contributed by atoms with Crippen LogP contribution >= 0.6 is 27.5 Å². The van der Waals surface area contributed by atoms with Crippen molar-refractivity contribution in [1.29, 1.82) is 0 Å². The lowest BCUT2D eigenvalue weighted by Crippen LogP contribution is -2.26. The number of hydrogen-bond acceptors (Lipinski definition) is 1. The van der Waals surface area contributed by atoms with Gasteiger partial charge in [0, 0.05) is 29.0 Å². The molecule has 0 spiro atoms. The summed E-state index contributed by atoms with van der Waals surface area (Å²) in [4.78, 5) is 2.20. The van der Waals surface area contributed by atoms with Crippen LogP contribution in [-0.4, -0.2) is 23.9 Å². The average Bonchev–Trinajstić information content (AvgIpc) is 2.29. The van der Waals surface area contributed by atoms with Crippen LogP contribution in [0.5, 0.6) is 0 Å². The van der Waals surface area contributed by atoms with Gasteiger partial charge in [-0.25, -0.2) is 4.39 Å². The third-order valence-electron chi connectivity index (χ3n) is 2.64. The molecule has 0 amide bonds. The molecule has 0 fully saturated rings. The summed E-state index contributed by atoms with van der Waals surface area (Å²) in [6.07, 6.45) is 2.26. The van der Waals surface area contributed by atoms with Crippen molar-refractivity contribution in [2.24, 2.45) is 0 Å². The molecular weight excluding hydrogens is 305 g/mol. The van der Waals surface area contributed by atoms with E-state index in [2.05, 4.69) is 27.8 Å². The van der Waals surface area contributed by atoms with Gasteiger partial charge in [-0.05, 0) is 25.1 Å². The predicted molar refractivity (Wildman–Crippen MR) is 75.0 cm³/mol. The maximum absolute atomic E-state index is 13.7. The summed E-state index contributed by atoms with van der Waals surface area (Å²) in [7, 11) is 0. The monoisotopic (exact) mass is 321 g/mol. The van der Waals surface area contributed by atoms with Gasteiger partial charge in [-0.15, -0.1) is 11.6 Å². The van der Waals surface area contributed by atoms with Crippen molar-refractivity contribution in [2.75, 3.05) is 19.0 Å². The molecule has 96 valence electrons. The topological polar surface area (TPSA) is 3.24 Å². The van der Waals surface area contributed by atoms with Gasteiger partial charge < -0.3 is 0 Å². The molecule has 1 rings (SSSR count). The van der Waals surface area contributed by atoms with Gasteiger partial charge in [0.2, 0.25) is 0 Å². The van der Waals surface area contributed by atoms with Gasteiger partial charge in [0.05, 0.1) is 0 Å². The number of hydrogen-bond donors (Lipinski definition) is 0. The smallest absolute Gasteiger partial charge is 0.128 e. The van der Waals surface area contributed by atoms with E-state index in [1.54, 1.807) is 0 Å². The summed E-state index contributed by atoms with van der Waals surface area (Å²) in [5.74, 6) is 0.428. The molecule has 17 heavy (non-hydrogen) atoms. The van der Waals surface area contributed by atoms with Crippen molar-refractivity contribution in [3.63, 3.8) is 0 Å². The van der Waals surface area contributed by atoms with E-state index in [0.717, 1.165) is 36.0 Å². The first-order valence-electron chi connectivity index (χ1n) is 5.89. The van der Waals surface area contributed by atoms with Gasteiger partial charge in [0.15, 0.2) is 0 Å². The molecule has 0 N–H and O–H groups in total. The van der Waals surface area contributed by atoms with Crippen molar-refractivity contribution < 1.29 is 4.39 Å². The first kappa shape index (κ1) is 14.9. The first-order chi connectivity index (χ1) is 8.17. The summed E-state index contributed by atoms with van der Waals surface area (Å²) in [6, 6.07) is 5.21. The normalized spacial score (nSPS) is 11.1. The highest BCUT2D eigenvalue weighted by molar-refractivity contribution is 9.10. The second-order valence-electron chi connectivity index (χ2n) is 4.05. The summed E-state index contributed by atoms with van der Waals surface area (Å²) in [5, 5.41) is 0. The number of rotatable bonds is 7. The van der Waals surface area contributed by atoms with E-state index in [4.69, 9.17) is 11.6 Å². The molecule has 0 radical (unpaired) electrons. The Bertz CT molecular complexity index is 346. The lowest BCUT2D eigenvalue weighted by atomic mass is 10.2. The Hall–Kier alpha value is -0.120. The van der Waals surface area contributed by atoms with Crippen molar-refractivity contribution in [3.8, 4) is 0 Å². The first-order valence-corrected chi connectivity index (χ1v) is 7.22. The Labute approximate surface area is 116 Å². The highest BCUT2D eigenvalue weighted by Crippen LogP contribution is 2.17. The fraction of sp³-hybridized carbons (Fsp3) is 0.538. The summed E-state index contributed by atoms with van der Waals surface area (Å²) < 4.78 is 14.5. The Balaban J connectivity index is 2.64. The quantitative estimate of drug-likeness (QED) is 0.671. The molecular formula is C13H18BrClFN. The van der Waals surface area contributed by atoms with Crippen LogP contribution in [0.25, 0.3) is 0 Å². The van der Waals surface area contributed by atoms with E-state index in [-0.39, 0.29) is 5.82 Å². The van der Waals surface area contributed by atoms with Gasteiger partial charge in [0.25, 0.3) is 0 Å². The molecule has 0 aliphatic carbocycles. The SMILES string of the molecule is CCCCN(CCCl)Cc1ccc(Br)cc1F. The molecule has 0 bridgehead atoms. The Kier molecular flexibility index (Phi) is 7.09. The third kappa shape index (κ3) is 5.36. The van der Waals surface area contributed by atoms with Crippen LogP contribution in [0.1, 0.15) is 25.3 Å². The highest BCUT2D eigenvalue weighted by atomic mass is 79.9. The Morgan fingerprint density at radius 2 is 2.12 bits per heavy atom. The van der Waals surface area contributed by atoms with Crippen LogP contribution in [0.2, 0.25) is 0 Å². The molecule has 0 heterocycles. The fourth-order valence-corrected chi connectivity index (χ4v) is 2.23. The third-order valence-corrected chi connectivity index (χ3v) is 3.30. The Morgan fingerprint density at radius 1 is 1.35 bits per heavy atom. The minimum Gasteiger partial charge on any atom is -0.298 e. The lowest BCUT2D eigenvalue weighted by molar-refractivity contribution is 0.273. The van der Waals surface area contributed by atoms with E-state index in [1.165, 1.54) is 6.07 Å². The predicted octanol–water partition coefficient (Wildman–Crippen LogP) is 4.43. The van der Waals surface area contributed by atoms with E-state index in [1.807, 2.05) is 12.1 Å². The number of alkyl halides is 1. The van der Waals surface area contributed by atoms with E-state index >= 15 is 0 Å². The number of benzene rings is 1. The average molecular weight is 323 g/mol. The second kappa shape index (κ2) is 8.06. The minimum absolute atomic E-state index is 0.157. The van der Waals surface area contributed by atoms with E-state index in [0.29, 0.717) is 12.4 Å². The van der Waals surface area contributed by atoms with E-state index < -0.39 is 0 Å². The van der Waals surface area contributed by atoms with Gasteiger partial charge in [-0.3, -0.25) is 4.90 Å². The van der Waals surface area contributed by atoms with Crippen molar-refractivity contribution in [1.82, 2.24) is 4.90 Å². The summed E-state index contributed by atoms with van der Waals surface area (Å²) in [6.45, 7) is 4.56. The fourth-order valence-electron chi connectivity index (χ4n) is 1.66. The van der Waals surface area contributed by atoms with E-state index in [9.17, 15) is 4.39 Å². The molecule has 0 aliphatic rings. The molecule has 1 aromatic rings. The van der Waals surface area contributed by atoms with Crippen molar-refractivity contribution in [3.05, 3.63) is 34.1 Å². The number of halogens is 3. The number of nitrogens with zero attached hydrogens (tertiary/aromatic N) is 1. The second-order valence-corrected chi connectivity index (χ2v) is 5.35. The zero-order valence-electron chi connectivity index (χ0n) is 10.1. The molecule has 0 aliphatic heterocycles. The van der Waals surface area contributed by atoms with Gasteiger partial charge in [-0.1, -0.05) is 35.3 Å². The molecule has 0 unspecified atom stereocenters. The zero-order chi connectivity index (χ0) is 12.7. The minimum atomic E-state index is -0.157. The molecule has 0 aromatic heterocycles. The maximum Gasteiger partial charge on any atom is 0.128 e. The molecule has 0 atom stereocenters. The van der Waals surface area contributed by atoms with Crippen LogP contribution in [-0.2, 0) is 6.54 Å². The summed E-state index contributed by atoms with van der Waals surface area (Å²) in [5.41, 5.74) is 0.731. The van der Waals surface area contributed by atoms with Crippen molar-refractivity contribution >= 4 is 27.5 Å². The van der Waals surface area contributed by atoms with Gasteiger partial charge in [-0.2, -0.15) is 0 Å². The van der Waals surface area contributed by atoms with Crippen LogP contribution in [0.3, 0.4) is 0 Å². The standard InChI is InChI=1S/C13H18BrClFN/c1-2-3-7-17(8-6-15)10-11-4-5-12(14)9-13(11)16/h4-5,9H,2-3,6-8,10H2,1H3. The van der Waals surface area contributed by atoms with Crippen LogP contribution in [0.15, 0.2) is 22.7 Å². The van der Waals surface area contributed by atoms with Crippen LogP contribution < -0.4 is 0 Å². The zero-order valence-corrected chi connectivity index (χ0v) is 12.4. The van der Waals surface area contributed by atoms with Gasteiger partial charge >= 0.3 is 0 Å². The van der Waals surface area contributed by atoms with Gasteiger partial charge in [0.1, 0.15) is 5.82 Å².